The van der Waals surface area contributed by atoms with E-state index in [2.05, 4.69) is 25.8 Å². The number of hydrogen-bond donors (Lipinski definition) is 1. The summed E-state index contributed by atoms with van der Waals surface area (Å²) in [4.78, 5) is 2.51. The number of hydrogen-bond acceptors (Lipinski definition) is 3. The van der Waals surface area contributed by atoms with E-state index in [1.807, 2.05) is 7.11 Å². The molecule has 3 heteroatoms. The molecular formula is C14H30N2O. The fourth-order valence-electron chi connectivity index (χ4n) is 3.51. The molecule has 0 amide bonds. The second-order valence-electron chi connectivity index (χ2n) is 5.36. The Kier molecular flexibility index (Phi) is 5.90. The zero-order chi connectivity index (χ0) is 12.9. The van der Waals surface area contributed by atoms with E-state index in [4.69, 9.17) is 10.5 Å². The molecule has 1 saturated carbocycles. The van der Waals surface area contributed by atoms with E-state index in [-0.39, 0.29) is 5.54 Å². The summed E-state index contributed by atoms with van der Waals surface area (Å²) in [6, 6.07) is 0.620. The fraction of sp³-hybridized carbons (Fsp3) is 1.00. The smallest absolute Gasteiger partial charge is 0.0767 e. The van der Waals surface area contributed by atoms with Crippen LogP contribution in [0.2, 0.25) is 0 Å². The maximum absolute atomic E-state index is 6.13. The minimum absolute atomic E-state index is 0.0592. The van der Waals surface area contributed by atoms with Crippen LogP contribution in [-0.4, -0.2) is 43.3 Å². The molecule has 0 bridgehead atoms. The molecule has 1 rings (SSSR count). The summed E-state index contributed by atoms with van der Waals surface area (Å²) in [7, 11) is 4.07. The third kappa shape index (κ3) is 2.83. The largest absolute Gasteiger partial charge is 0.379 e. The van der Waals surface area contributed by atoms with Crippen LogP contribution in [0.25, 0.3) is 0 Å². The lowest BCUT2D eigenvalue weighted by Gasteiger charge is -2.51. The normalized spacial score (nSPS) is 30.2. The quantitative estimate of drug-likeness (QED) is 0.777. The van der Waals surface area contributed by atoms with Gasteiger partial charge in [-0.25, -0.2) is 0 Å². The molecule has 0 heterocycles. The lowest BCUT2D eigenvalue weighted by atomic mass is 9.76. The Morgan fingerprint density at radius 3 is 2.47 bits per heavy atom. The van der Waals surface area contributed by atoms with Crippen molar-refractivity contribution in [1.29, 1.82) is 0 Å². The SMILES string of the molecule is CCC(CC)N(C)C1(CN)CCCCC1OC. The van der Waals surface area contributed by atoms with Crippen LogP contribution >= 0.6 is 0 Å². The second-order valence-corrected chi connectivity index (χ2v) is 5.36. The third-order valence-electron chi connectivity index (χ3n) is 4.76. The molecule has 0 spiro atoms. The topological polar surface area (TPSA) is 38.5 Å². The summed E-state index contributed by atoms with van der Waals surface area (Å²) in [6.45, 7) is 5.23. The average Bonchev–Trinajstić information content (AvgIpc) is 2.39. The molecule has 2 unspecified atom stereocenters. The summed E-state index contributed by atoms with van der Waals surface area (Å²) in [5.41, 5.74) is 6.19. The number of rotatable bonds is 6. The van der Waals surface area contributed by atoms with Gasteiger partial charge in [0.1, 0.15) is 0 Å². The molecule has 0 aromatic rings. The van der Waals surface area contributed by atoms with Gasteiger partial charge in [-0.15, -0.1) is 0 Å². The highest BCUT2D eigenvalue weighted by Crippen LogP contribution is 2.36. The predicted octanol–water partition coefficient (Wildman–Crippen LogP) is 2.39. The lowest BCUT2D eigenvalue weighted by molar-refractivity contribution is -0.0816. The first kappa shape index (κ1) is 14.9. The molecule has 0 saturated heterocycles. The maximum atomic E-state index is 6.13. The molecule has 102 valence electrons. The van der Waals surface area contributed by atoms with Crippen LogP contribution in [0.3, 0.4) is 0 Å². The number of likely N-dealkylation sites (N-methyl/N-ethyl adjacent to an activating group) is 1. The zero-order valence-electron chi connectivity index (χ0n) is 12.0. The van der Waals surface area contributed by atoms with Crippen LogP contribution in [0.1, 0.15) is 52.4 Å². The van der Waals surface area contributed by atoms with E-state index in [0.717, 1.165) is 6.42 Å². The molecule has 3 nitrogen and oxygen atoms in total. The van der Waals surface area contributed by atoms with Gasteiger partial charge in [0.25, 0.3) is 0 Å². The summed E-state index contributed by atoms with van der Waals surface area (Å²) >= 11 is 0. The summed E-state index contributed by atoms with van der Waals surface area (Å²) in [5, 5.41) is 0. The molecule has 1 fully saturated rings. The van der Waals surface area contributed by atoms with Crippen LogP contribution in [0.15, 0.2) is 0 Å². The lowest BCUT2D eigenvalue weighted by Crippen LogP contribution is -2.64. The molecule has 2 atom stereocenters. The number of ether oxygens (including phenoxy) is 1. The first-order valence-corrected chi connectivity index (χ1v) is 7.12. The first-order valence-electron chi connectivity index (χ1n) is 7.12. The summed E-state index contributed by atoms with van der Waals surface area (Å²) in [5.74, 6) is 0. The summed E-state index contributed by atoms with van der Waals surface area (Å²) in [6.07, 6.45) is 7.55. The van der Waals surface area contributed by atoms with Gasteiger partial charge in [-0.1, -0.05) is 26.7 Å². The van der Waals surface area contributed by atoms with E-state index in [1.54, 1.807) is 0 Å². The number of methoxy groups -OCH3 is 1. The Bertz CT molecular complexity index is 218. The summed E-state index contributed by atoms with van der Waals surface area (Å²) < 4.78 is 5.74. The Balaban J connectivity index is 2.90. The Hall–Kier alpha value is -0.120. The molecule has 0 aromatic carbocycles. The number of nitrogens with zero attached hydrogens (tertiary/aromatic N) is 1. The second kappa shape index (κ2) is 6.72. The van der Waals surface area contributed by atoms with E-state index >= 15 is 0 Å². The van der Waals surface area contributed by atoms with Gasteiger partial charge < -0.3 is 10.5 Å². The molecule has 17 heavy (non-hydrogen) atoms. The minimum Gasteiger partial charge on any atom is -0.379 e. The van der Waals surface area contributed by atoms with Crippen LogP contribution in [0, 0.1) is 0 Å². The van der Waals surface area contributed by atoms with Gasteiger partial charge in [0.2, 0.25) is 0 Å². The van der Waals surface area contributed by atoms with Crippen molar-refractivity contribution in [2.24, 2.45) is 5.73 Å². The highest BCUT2D eigenvalue weighted by molar-refractivity contribution is 5.01. The highest BCUT2D eigenvalue weighted by atomic mass is 16.5. The predicted molar refractivity (Wildman–Crippen MR) is 73.2 cm³/mol. The van der Waals surface area contributed by atoms with Crippen LogP contribution in [0.5, 0.6) is 0 Å². The van der Waals surface area contributed by atoms with Crippen molar-refractivity contribution < 1.29 is 4.74 Å². The number of nitrogens with two attached hydrogens (primary N) is 1. The van der Waals surface area contributed by atoms with E-state index in [9.17, 15) is 0 Å². The standard InChI is InChI=1S/C14H30N2O/c1-5-12(6-2)16(3)14(11-15)10-8-7-9-13(14)17-4/h12-13H,5-11,15H2,1-4H3. The van der Waals surface area contributed by atoms with Crippen molar-refractivity contribution in [2.75, 3.05) is 20.7 Å². The van der Waals surface area contributed by atoms with E-state index < -0.39 is 0 Å². The Morgan fingerprint density at radius 1 is 1.35 bits per heavy atom. The monoisotopic (exact) mass is 242 g/mol. The van der Waals surface area contributed by atoms with Crippen molar-refractivity contribution in [1.82, 2.24) is 4.90 Å². The Morgan fingerprint density at radius 2 is 2.00 bits per heavy atom. The molecule has 2 N–H and O–H groups in total. The maximum Gasteiger partial charge on any atom is 0.0767 e. The molecular weight excluding hydrogens is 212 g/mol. The highest BCUT2D eigenvalue weighted by Gasteiger charge is 2.44. The third-order valence-corrected chi connectivity index (χ3v) is 4.76. The minimum atomic E-state index is 0.0592. The van der Waals surface area contributed by atoms with Gasteiger partial charge >= 0.3 is 0 Å². The van der Waals surface area contributed by atoms with Crippen molar-refractivity contribution in [3.8, 4) is 0 Å². The fourth-order valence-corrected chi connectivity index (χ4v) is 3.51. The van der Waals surface area contributed by atoms with Crippen LogP contribution < -0.4 is 5.73 Å². The van der Waals surface area contributed by atoms with Crippen molar-refractivity contribution >= 4 is 0 Å². The van der Waals surface area contributed by atoms with Crippen molar-refractivity contribution in [3.05, 3.63) is 0 Å². The van der Waals surface area contributed by atoms with Crippen molar-refractivity contribution in [2.45, 2.75) is 70.1 Å². The molecule has 1 aliphatic carbocycles. The molecule has 0 radical (unpaired) electrons. The van der Waals surface area contributed by atoms with Crippen LogP contribution in [0.4, 0.5) is 0 Å². The zero-order valence-corrected chi connectivity index (χ0v) is 12.0. The molecule has 0 aromatic heterocycles. The van der Waals surface area contributed by atoms with Gasteiger partial charge in [-0.3, -0.25) is 4.90 Å². The van der Waals surface area contributed by atoms with Gasteiger partial charge in [-0.05, 0) is 32.7 Å². The van der Waals surface area contributed by atoms with Gasteiger partial charge in [0.15, 0.2) is 0 Å². The first-order chi connectivity index (χ1) is 8.16. The van der Waals surface area contributed by atoms with E-state index in [1.165, 1.54) is 32.1 Å². The molecule has 0 aliphatic heterocycles. The van der Waals surface area contributed by atoms with Crippen molar-refractivity contribution in [3.63, 3.8) is 0 Å². The molecule has 1 aliphatic rings. The van der Waals surface area contributed by atoms with Gasteiger partial charge in [0, 0.05) is 19.7 Å². The average molecular weight is 242 g/mol. The van der Waals surface area contributed by atoms with Gasteiger partial charge in [0.05, 0.1) is 11.6 Å². The van der Waals surface area contributed by atoms with Crippen LogP contribution in [-0.2, 0) is 4.74 Å². The van der Waals surface area contributed by atoms with Gasteiger partial charge in [-0.2, -0.15) is 0 Å². The Labute approximate surface area is 107 Å². The van der Waals surface area contributed by atoms with E-state index in [0.29, 0.717) is 18.7 Å².